The normalized spacial score (nSPS) is 18.2. The monoisotopic (exact) mass is 570 g/mol. The van der Waals surface area contributed by atoms with Crippen LogP contribution in [0.25, 0.3) is 15.9 Å². The maximum absolute atomic E-state index is 13.3. The summed E-state index contributed by atoms with van der Waals surface area (Å²) in [5.41, 5.74) is 0.412. The second-order valence-electron chi connectivity index (χ2n) is 8.98. The molecule has 15 heteroatoms. The van der Waals surface area contributed by atoms with Crippen molar-refractivity contribution in [1.82, 2.24) is 19.2 Å². The second-order valence-corrected chi connectivity index (χ2v) is 10.8. The lowest BCUT2D eigenvalue weighted by Crippen LogP contribution is -2.50. The Morgan fingerprint density at radius 1 is 1.15 bits per heavy atom. The van der Waals surface area contributed by atoms with Crippen LogP contribution in [-0.4, -0.2) is 66.1 Å². The predicted molar refractivity (Wildman–Crippen MR) is 132 cm³/mol. The van der Waals surface area contributed by atoms with Crippen LogP contribution in [0.5, 0.6) is 0 Å². The summed E-state index contributed by atoms with van der Waals surface area (Å²) in [7, 11) is -4.00. The first-order chi connectivity index (χ1) is 18.3. The fraction of sp³-hybridized carbons (Fsp3) is 0.375. The molecule has 0 radical (unpaired) electrons. The van der Waals surface area contributed by atoms with Gasteiger partial charge in [0.25, 0.3) is 10.0 Å². The van der Waals surface area contributed by atoms with Crippen LogP contribution >= 0.6 is 0 Å². The van der Waals surface area contributed by atoms with Gasteiger partial charge in [-0.1, -0.05) is 25.1 Å². The number of hydrogen-bond donors (Lipinski definition) is 2. The van der Waals surface area contributed by atoms with E-state index in [1.54, 1.807) is 23.5 Å². The highest BCUT2D eigenvalue weighted by atomic mass is 32.2. The van der Waals surface area contributed by atoms with E-state index in [0.29, 0.717) is 11.8 Å². The van der Waals surface area contributed by atoms with Crippen LogP contribution in [0, 0.1) is 12.5 Å². The van der Waals surface area contributed by atoms with Crippen molar-refractivity contribution in [3.8, 4) is 0 Å². The molecule has 0 spiro atoms. The number of rotatable bonds is 7. The molecule has 2 amide bonds. The number of pyridine rings is 1. The van der Waals surface area contributed by atoms with Crippen LogP contribution < -0.4 is 10.6 Å². The third-order valence-electron chi connectivity index (χ3n) is 6.54. The fourth-order valence-corrected chi connectivity index (χ4v) is 5.71. The third-order valence-corrected chi connectivity index (χ3v) is 8.22. The molecule has 2 aromatic heterocycles. The van der Waals surface area contributed by atoms with Crippen molar-refractivity contribution in [2.75, 3.05) is 25.0 Å². The Balaban J connectivity index is 1.60. The highest BCUT2D eigenvalue weighted by Gasteiger charge is 2.57. The zero-order valence-corrected chi connectivity index (χ0v) is 21.2. The number of nitrogens with one attached hydrogen (secondary N) is 2. The lowest BCUT2D eigenvalue weighted by atomic mass is 10.0. The summed E-state index contributed by atoms with van der Waals surface area (Å²) < 4.78 is 91.3. The van der Waals surface area contributed by atoms with Gasteiger partial charge in [0, 0.05) is 36.9 Å². The van der Waals surface area contributed by atoms with Gasteiger partial charge in [-0.2, -0.15) is 22.0 Å². The molecule has 3 heterocycles. The standard InChI is InChI=1S/C24H23F5N6O3S/c1-3-15-12-34(22(36)32-14-23(25,26)24(27,28)29)13-19(15)33-20-17-9-10-35(21(17)31-11-18(20)30-2)39(37,38)16-7-5-4-6-8-16/h4-11,15,19H,3,12-14H2,1H3,(H,31,33)(H,32,36). The molecule has 1 fully saturated rings. The molecule has 39 heavy (non-hydrogen) atoms. The smallest absolute Gasteiger partial charge is 0.388 e. The Hall–Kier alpha value is -3.93. The zero-order chi connectivity index (χ0) is 28.6. The summed E-state index contributed by atoms with van der Waals surface area (Å²) >= 11 is 0. The molecular formula is C24H23F5N6O3S. The number of fused-ring (bicyclic) bond motifs is 1. The highest BCUT2D eigenvalue weighted by Crippen LogP contribution is 2.37. The lowest BCUT2D eigenvalue weighted by molar-refractivity contribution is -0.278. The van der Waals surface area contributed by atoms with Gasteiger partial charge in [-0.05, 0) is 30.5 Å². The summed E-state index contributed by atoms with van der Waals surface area (Å²) in [5.74, 6) is -5.32. The van der Waals surface area contributed by atoms with E-state index in [1.165, 1.54) is 30.6 Å². The summed E-state index contributed by atoms with van der Waals surface area (Å²) in [4.78, 5) is 21.2. The molecule has 1 aliphatic rings. The SMILES string of the molecule is [C-]#[N+]c1cnc2c(ccn2S(=O)(=O)c2ccccc2)c1NC1CN(C(=O)NCC(F)(F)C(F)(F)F)CC1CC. The van der Waals surface area contributed by atoms with E-state index in [2.05, 4.69) is 15.1 Å². The van der Waals surface area contributed by atoms with Crippen molar-refractivity contribution in [3.05, 3.63) is 60.2 Å². The van der Waals surface area contributed by atoms with E-state index in [0.717, 1.165) is 8.87 Å². The van der Waals surface area contributed by atoms with Gasteiger partial charge in [-0.3, -0.25) is 0 Å². The molecule has 1 saturated heterocycles. The van der Waals surface area contributed by atoms with Crippen LogP contribution in [0.1, 0.15) is 13.3 Å². The number of benzene rings is 1. The number of nitrogens with zero attached hydrogens (tertiary/aromatic N) is 4. The number of amides is 2. The van der Waals surface area contributed by atoms with Gasteiger partial charge in [-0.15, -0.1) is 0 Å². The average molecular weight is 571 g/mol. The minimum absolute atomic E-state index is 0.0349. The molecule has 2 unspecified atom stereocenters. The van der Waals surface area contributed by atoms with Crippen molar-refractivity contribution < 1.29 is 35.2 Å². The molecule has 9 nitrogen and oxygen atoms in total. The number of carbonyl (C=O) groups excluding carboxylic acids is 1. The fourth-order valence-electron chi connectivity index (χ4n) is 4.39. The van der Waals surface area contributed by atoms with E-state index < -0.39 is 40.7 Å². The average Bonchev–Trinajstić information content (AvgIpc) is 3.52. The topological polar surface area (TPSA) is 101 Å². The summed E-state index contributed by atoms with van der Waals surface area (Å²) in [6, 6.07) is 7.59. The zero-order valence-electron chi connectivity index (χ0n) is 20.4. The van der Waals surface area contributed by atoms with E-state index in [-0.39, 0.29) is 40.9 Å². The number of aromatic nitrogens is 2. The van der Waals surface area contributed by atoms with Gasteiger partial charge in [0.2, 0.25) is 5.69 Å². The Morgan fingerprint density at radius 2 is 1.85 bits per heavy atom. The van der Waals surface area contributed by atoms with Crippen LogP contribution in [0.4, 0.5) is 38.1 Å². The Kier molecular flexibility index (Phi) is 7.44. The molecule has 3 aromatic rings. The number of carbonyl (C=O) groups is 1. The third kappa shape index (κ3) is 5.33. The molecule has 2 N–H and O–H groups in total. The van der Waals surface area contributed by atoms with Gasteiger partial charge >= 0.3 is 18.1 Å². The first-order valence-corrected chi connectivity index (χ1v) is 13.2. The van der Waals surface area contributed by atoms with Crippen molar-refractivity contribution in [2.45, 2.75) is 36.4 Å². The van der Waals surface area contributed by atoms with Crippen molar-refractivity contribution in [1.29, 1.82) is 0 Å². The summed E-state index contributed by atoms with van der Waals surface area (Å²) in [6.07, 6.45) is -2.75. The number of anilines is 1. The summed E-state index contributed by atoms with van der Waals surface area (Å²) in [6.45, 7) is 7.50. The van der Waals surface area contributed by atoms with Gasteiger partial charge < -0.3 is 15.5 Å². The Labute approximate surface area is 220 Å². The van der Waals surface area contributed by atoms with Gasteiger partial charge in [0.15, 0.2) is 5.65 Å². The van der Waals surface area contributed by atoms with Crippen molar-refractivity contribution in [2.24, 2.45) is 5.92 Å². The van der Waals surface area contributed by atoms with Crippen LogP contribution in [0.15, 0.2) is 53.7 Å². The van der Waals surface area contributed by atoms with E-state index in [9.17, 15) is 35.2 Å². The van der Waals surface area contributed by atoms with Gasteiger partial charge in [0.1, 0.15) is 0 Å². The summed E-state index contributed by atoms with van der Waals surface area (Å²) in [5, 5.41) is 5.15. The van der Waals surface area contributed by atoms with Crippen LogP contribution in [-0.2, 0) is 10.0 Å². The molecule has 4 rings (SSSR count). The highest BCUT2D eigenvalue weighted by molar-refractivity contribution is 7.90. The quantitative estimate of drug-likeness (QED) is 0.313. The first-order valence-electron chi connectivity index (χ1n) is 11.7. The predicted octanol–water partition coefficient (Wildman–Crippen LogP) is 4.85. The Morgan fingerprint density at radius 3 is 2.46 bits per heavy atom. The van der Waals surface area contributed by atoms with E-state index in [1.807, 2.05) is 6.92 Å². The molecule has 0 saturated carbocycles. The van der Waals surface area contributed by atoms with Crippen molar-refractivity contribution in [3.63, 3.8) is 0 Å². The van der Waals surface area contributed by atoms with E-state index in [4.69, 9.17) is 6.57 Å². The van der Waals surface area contributed by atoms with Crippen LogP contribution in [0.3, 0.4) is 0 Å². The van der Waals surface area contributed by atoms with Crippen molar-refractivity contribution >= 4 is 38.5 Å². The Bertz CT molecular complexity index is 1520. The number of hydrogen-bond acceptors (Lipinski definition) is 5. The molecule has 0 bridgehead atoms. The molecule has 0 aliphatic carbocycles. The van der Waals surface area contributed by atoms with Gasteiger partial charge in [-0.25, -0.2) is 27.0 Å². The lowest BCUT2D eigenvalue weighted by Gasteiger charge is -2.23. The molecular weight excluding hydrogens is 547 g/mol. The first kappa shape index (κ1) is 28.1. The van der Waals surface area contributed by atoms with E-state index >= 15 is 0 Å². The second kappa shape index (κ2) is 10.3. The molecule has 1 aliphatic heterocycles. The number of halogens is 5. The largest absolute Gasteiger partial charge is 0.455 e. The van der Waals surface area contributed by atoms with Gasteiger partial charge in [0.05, 0.1) is 23.7 Å². The maximum atomic E-state index is 13.3. The molecule has 2 atom stereocenters. The number of alkyl halides is 5. The minimum atomic E-state index is -5.80. The number of likely N-dealkylation sites (tertiary alicyclic amines) is 1. The minimum Gasteiger partial charge on any atom is -0.388 e. The molecule has 1 aromatic carbocycles. The van der Waals surface area contributed by atoms with Crippen LogP contribution in [0.2, 0.25) is 0 Å². The molecule has 208 valence electrons. The number of urea groups is 1. The maximum Gasteiger partial charge on any atom is 0.455 e.